The molecule has 1 N–H and O–H groups in total. The van der Waals surface area contributed by atoms with Crippen LogP contribution in [-0.2, 0) is 0 Å². The van der Waals surface area contributed by atoms with Gasteiger partial charge < -0.3 is 5.11 Å². The topological polar surface area (TPSA) is 20.2 Å². The van der Waals surface area contributed by atoms with Crippen molar-refractivity contribution >= 4 is 0 Å². The molecule has 0 saturated heterocycles. The highest BCUT2D eigenvalue weighted by Crippen LogP contribution is 2.28. The maximum Gasteiger partial charge on any atom is 0.126 e. The van der Waals surface area contributed by atoms with Gasteiger partial charge in [0.2, 0.25) is 0 Å². The molecule has 16 heavy (non-hydrogen) atoms. The van der Waals surface area contributed by atoms with Crippen LogP contribution in [0.3, 0.4) is 0 Å². The van der Waals surface area contributed by atoms with Gasteiger partial charge >= 0.3 is 0 Å². The van der Waals surface area contributed by atoms with Crippen molar-refractivity contribution < 1.29 is 9.50 Å². The van der Waals surface area contributed by atoms with Crippen LogP contribution in [0.2, 0.25) is 0 Å². The third kappa shape index (κ3) is 1.78. The van der Waals surface area contributed by atoms with Crippen molar-refractivity contribution in [3.05, 3.63) is 53.3 Å². The van der Waals surface area contributed by atoms with Gasteiger partial charge in [-0.1, -0.05) is 18.2 Å². The molecule has 2 heteroatoms. The zero-order chi connectivity index (χ0) is 11.7. The first kappa shape index (κ1) is 10.7. The number of phenols is 1. The third-order valence-corrected chi connectivity index (χ3v) is 2.90. The first-order valence-corrected chi connectivity index (χ1v) is 5.14. The lowest BCUT2D eigenvalue weighted by Crippen LogP contribution is -1.91. The van der Waals surface area contributed by atoms with Crippen LogP contribution in [0.4, 0.5) is 4.39 Å². The second-order valence-electron chi connectivity index (χ2n) is 3.89. The van der Waals surface area contributed by atoms with E-state index in [4.69, 9.17) is 0 Å². The predicted molar refractivity (Wildman–Crippen MR) is 63.0 cm³/mol. The van der Waals surface area contributed by atoms with Gasteiger partial charge in [0.05, 0.1) is 0 Å². The minimum absolute atomic E-state index is 0.181. The predicted octanol–water partition coefficient (Wildman–Crippen LogP) is 3.82. The second kappa shape index (κ2) is 3.97. The lowest BCUT2D eigenvalue weighted by atomic mass is 9.97. The molecule has 0 radical (unpaired) electrons. The monoisotopic (exact) mass is 216 g/mol. The standard InChI is InChI=1S/C14H13FO/c1-9-10(2)14(15)8-7-13(9)11-3-5-12(16)6-4-11/h3-8,16H,1-2H3. The molecule has 1 nitrogen and oxygen atoms in total. The number of hydrogen-bond acceptors (Lipinski definition) is 1. The summed E-state index contributed by atoms with van der Waals surface area (Å²) in [5, 5.41) is 9.21. The Labute approximate surface area is 94.2 Å². The van der Waals surface area contributed by atoms with Crippen LogP contribution in [0.25, 0.3) is 11.1 Å². The minimum Gasteiger partial charge on any atom is -0.508 e. The van der Waals surface area contributed by atoms with Crippen LogP contribution in [0.5, 0.6) is 5.75 Å². The molecule has 2 aromatic rings. The molecule has 0 aliphatic heterocycles. The fourth-order valence-electron chi connectivity index (χ4n) is 1.74. The molecule has 0 unspecified atom stereocenters. The number of aromatic hydroxyl groups is 1. The normalized spacial score (nSPS) is 10.4. The summed E-state index contributed by atoms with van der Waals surface area (Å²) in [6.45, 7) is 3.68. The Morgan fingerprint density at radius 1 is 0.875 bits per heavy atom. The van der Waals surface area contributed by atoms with Gasteiger partial charge in [-0.3, -0.25) is 0 Å². The fraction of sp³-hybridized carbons (Fsp3) is 0.143. The van der Waals surface area contributed by atoms with Crippen molar-refractivity contribution in [2.75, 3.05) is 0 Å². The summed E-state index contributed by atoms with van der Waals surface area (Å²) in [6.07, 6.45) is 0. The number of phenolic OH excluding ortho intramolecular Hbond substituents is 1. The van der Waals surface area contributed by atoms with Crippen molar-refractivity contribution in [1.29, 1.82) is 0 Å². The minimum atomic E-state index is -0.181. The quantitative estimate of drug-likeness (QED) is 0.768. The summed E-state index contributed by atoms with van der Waals surface area (Å²) in [5.74, 6) is 0.0558. The van der Waals surface area contributed by atoms with Crippen molar-refractivity contribution in [3.63, 3.8) is 0 Å². The SMILES string of the molecule is Cc1c(F)ccc(-c2ccc(O)cc2)c1C. The zero-order valence-electron chi connectivity index (χ0n) is 9.29. The van der Waals surface area contributed by atoms with E-state index in [1.165, 1.54) is 6.07 Å². The molecule has 0 saturated carbocycles. The van der Waals surface area contributed by atoms with Gasteiger partial charge in [0.1, 0.15) is 11.6 Å². The maximum atomic E-state index is 13.3. The summed E-state index contributed by atoms with van der Waals surface area (Å²) >= 11 is 0. The number of benzene rings is 2. The summed E-state index contributed by atoms with van der Waals surface area (Å²) in [4.78, 5) is 0. The van der Waals surface area contributed by atoms with Crippen LogP contribution < -0.4 is 0 Å². The molecule has 2 rings (SSSR count). The molecule has 82 valence electrons. The van der Waals surface area contributed by atoms with Crippen molar-refractivity contribution in [3.8, 4) is 16.9 Å². The fourth-order valence-corrected chi connectivity index (χ4v) is 1.74. The Kier molecular flexibility index (Phi) is 2.65. The van der Waals surface area contributed by atoms with Gasteiger partial charge in [0.25, 0.3) is 0 Å². The molecule has 0 fully saturated rings. The first-order valence-electron chi connectivity index (χ1n) is 5.14. The average Bonchev–Trinajstić information content (AvgIpc) is 2.28. The highest BCUT2D eigenvalue weighted by molar-refractivity contribution is 5.69. The van der Waals surface area contributed by atoms with Crippen LogP contribution >= 0.6 is 0 Å². The van der Waals surface area contributed by atoms with E-state index in [-0.39, 0.29) is 11.6 Å². The number of hydrogen-bond donors (Lipinski definition) is 1. The smallest absolute Gasteiger partial charge is 0.126 e. The summed E-state index contributed by atoms with van der Waals surface area (Å²) < 4.78 is 13.3. The summed E-state index contributed by atoms with van der Waals surface area (Å²) in [5.41, 5.74) is 3.59. The summed E-state index contributed by atoms with van der Waals surface area (Å²) in [6, 6.07) is 10.2. The Morgan fingerprint density at radius 3 is 2.12 bits per heavy atom. The number of halogens is 1. The van der Waals surface area contributed by atoms with E-state index in [2.05, 4.69) is 0 Å². The zero-order valence-corrected chi connectivity index (χ0v) is 9.29. The molecule has 0 bridgehead atoms. The molecular formula is C14H13FO. The largest absolute Gasteiger partial charge is 0.508 e. The first-order chi connectivity index (χ1) is 7.59. The second-order valence-corrected chi connectivity index (χ2v) is 3.89. The Bertz CT molecular complexity index is 515. The Hall–Kier alpha value is -1.83. The molecule has 2 aromatic carbocycles. The van der Waals surface area contributed by atoms with E-state index < -0.39 is 0 Å². The van der Waals surface area contributed by atoms with Gasteiger partial charge in [-0.15, -0.1) is 0 Å². The van der Waals surface area contributed by atoms with Crippen LogP contribution in [0.15, 0.2) is 36.4 Å². The Balaban J connectivity index is 2.57. The maximum absolute atomic E-state index is 13.3. The Morgan fingerprint density at radius 2 is 1.50 bits per heavy atom. The molecule has 0 aromatic heterocycles. The van der Waals surface area contributed by atoms with Crippen LogP contribution in [0.1, 0.15) is 11.1 Å². The average molecular weight is 216 g/mol. The molecule has 0 heterocycles. The molecule has 0 aliphatic carbocycles. The molecule has 0 spiro atoms. The van der Waals surface area contributed by atoms with Gasteiger partial charge in [-0.25, -0.2) is 4.39 Å². The van der Waals surface area contributed by atoms with Crippen LogP contribution in [0, 0.1) is 19.7 Å². The molecule has 0 aliphatic rings. The third-order valence-electron chi connectivity index (χ3n) is 2.90. The lowest BCUT2D eigenvalue weighted by molar-refractivity contribution is 0.475. The molecular weight excluding hydrogens is 203 g/mol. The van der Waals surface area contributed by atoms with Crippen molar-refractivity contribution in [1.82, 2.24) is 0 Å². The lowest BCUT2D eigenvalue weighted by Gasteiger charge is -2.09. The van der Waals surface area contributed by atoms with Crippen LogP contribution in [-0.4, -0.2) is 5.11 Å². The summed E-state index contributed by atoms with van der Waals surface area (Å²) in [7, 11) is 0. The van der Waals surface area contributed by atoms with E-state index in [1.807, 2.05) is 19.1 Å². The van der Waals surface area contributed by atoms with Gasteiger partial charge in [-0.2, -0.15) is 0 Å². The highest BCUT2D eigenvalue weighted by atomic mass is 19.1. The molecule has 0 atom stereocenters. The van der Waals surface area contributed by atoms with Gasteiger partial charge in [0, 0.05) is 0 Å². The van der Waals surface area contributed by atoms with Crippen molar-refractivity contribution in [2.24, 2.45) is 0 Å². The highest BCUT2D eigenvalue weighted by Gasteiger charge is 2.07. The van der Waals surface area contributed by atoms with E-state index in [0.29, 0.717) is 5.56 Å². The van der Waals surface area contributed by atoms with E-state index in [0.717, 1.165) is 16.7 Å². The van der Waals surface area contributed by atoms with Gasteiger partial charge in [-0.05, 0) is 54.3 Å². The van der Waals surface area contributed by atoms with Crippen molar-refractivity contribution in [2.45, 2.75) is 13.8 Å². The van der Waals surface area contributed by atoms with Gasteiger partial charge in [0.15, 0.2) is 0 Å². The number of rotatable bonds is 1. The van der Waals surface area contributed by atoms with E-state index in [9.17, 15) is 9.50 Å². The molecule has 0 amide bonds. The van der Waals surface area contributed by atoms with E-state index in [1.54, 1.807) is 25.1 Å². The van der Waals surface area contributed by atoms with E-state index >= 15 is 0 Å².